The monoisotopic (exact) mass is 197 g/mol. The van der Waals surface area contributed by atoms with E-state index in [1.807, 2.05) is 0 Å². The van der Waals surface area contributed by atoms with Gasteiger partial charge in [-0.05, 0) is 12.8 Å². The minimum atomic E-state index is -1.11. The fraction of sp³-hybridized carbons (Fsp3) is 0.500. The lowest BCUT2D eigenvalue weighted by Crippen LogP contribution is -2.21. The van der Waals surface area contributed by atoms with Crippen LogP contribution < -0.4 is 10.5 Å². The molecule has 1 aliphatic heterocycles. The third-order valence-electron chi connectivity index (χ3n) is 2.13. The van der Waals surface area contributed by atoms with E-state index in [1.54, 1.807) is 0 Å². The molecule has 0 aliphatic carbocycles. The average molecular weight is 197 g/mol. The number of rotatable bonds is 2. The molecule has 2 rings (SSSR count). The highest BCUT2D eigenvalue weighted by Gasteiger charge is 2.22. The van der Waals surface area contributed by atoms with Gasteiger partial charge >= 0.3 is 5.97 Å². The van der Waals surface area contributed by atoms with Gasteiger partial charge in [-0.3, -0.25) is 4.79 Å². The topological polar surface area (TPSA) is 101 Å². The van der Waals surface area contributed by atoms with Crippen LogP contribution in [0.4, 0.5) is 0 Å². The van der Waals surface area contributed by atoms with Crippen molar-refractivity contribution in [2.24, 2.45) is 5.73 Å². The highest BCUT2D eigenvalue weighted by Crippen LogP contribution is 2.23. The minimum Gasteiger partial charge on any atom is -0.480 e. The maximum absolute atomic E-state index is 10.6. The predicted octanol–water partition coefficient (Wildman–Crippen LogP) is -0.181. The number of fused-ring (bicyclic) bond motifs is 1. The fourth-order valence-electron chi connectivity index (χ4n) is 1.38. The second kappa shape index (κ2) is 3.30. The first-order chi connectivity index (χ1) is 6.68. The zero-order chi connectivity index (χ0) is 10.1. The molecule has 76 valence electrons. The van der Waals surface area contributed by atoms with E-state index in [1.165, 1.54) is 0 Å². The van der Waals surface area contributed by atoms with Crippen LogP contribution in [0.25, 0.3) is 0 Å². The molecule has 0 radical (unpaired) electrons. The van der Waals surface area contributed by atoms with Gasteiger partial charge in [-0.1, -0.05) is 0 Å². The minimum absolute atomic E-state index is 0.254. The fourth-order valence-corrected chi connectivity index (χ4v) is 1.38. The second-order valence-electron chi connectivity index (χ2n) is 3.17. The Kier molecular flexibility index (Phi) is 2.12. The van der Waals surface area contributed by atoms with E-state index in [-0.39, 0.29) is 5.82 Å². The van der Waals surface area contributed by atoms with Crippen LogP contribution in [-0.4, -0.2) is 27.7 Å². The van der Waals surface area contributed by atoms with Crippen molar-refractivity contribution in [1.82, 2.24) is 9.97 Å². The molecule has 1 atom stereocenters. The summed E-state index contributed by atoms with van der Waals surface area (Å²) in [7, 11) is 0. The molecule has 6 nitrogen and oxygen atoms in total. The number of carboxylic acids is 1. The lowest BCUT2D eigenvalue weighted by atomic mass is 10.2. The number of aliphatic carboxylic acids is 1. The number of imidazole rings is 1. The van der Waals surface area contributed by atoms with Crippen molar-refractivity contribution in [1.29, 1.82) is 0 Å². The van der Waals surface area contributed by atoms with Gasteiger partial charge in [0.15, 0.2) is 6.04 Å². The number of aromatic nitrogens is 2. The van der Waals surface area contributed by atoms with Crippen LogP contribution in [-0.2, 0) is 11.2 Å². The van der Waals surface area contributed by atoms with Gasteiger partial charge in [0.2, 0.25) is 5.88 Å². The van der Waals surface area contributed by atoms with E-state index in [0.29, 0.717) is 12.5 Å². The molecule has 0 saturated heterocycles. The molecular formula is C8H11N3O3. The first-order valence-electron chi connectivity index (χ1n) is 4.38. The molecule has 4 N–H and O–H groups in total. The SMILES string of the molecule is NC(C(=O)O)c1nc2c([nH]1)CCCO2. The lowest BCUT2D eigenvalue weighted by Gasteiger charge is -2.09. The van der Waals surface area contributed by atoms with Gasteiger partial charge in [0, 0.05) is 0 Å². The number of hydrogen-bond acceptors (Lipinski definition) is 4. The van der Waals surface area contributed by atoms with E-state index >= 15 is 0 Å². The first-order valence-corrected chi connectivity index (χ1v) is 4.38. The molecular weight excluding hydrogens is 186 g/mol. The quantitative estimate of drug-likeness (QED) is 0.610. The van der Waals surface area contributed by atoms with Gasteiger partial charge in [0.25, 0.3) is 0 Å². The molecule has 1 aromatic heterocycles. The standard InChI is InChI=1S/C8H11N3O3/c9-5(8(12)13)6-10-4-2-1-3-14-7(4)11-6/h5H,1-3,9H2,(H,10,11)(H,12,13). The summed E-state index contributed by atoms with van der Waals surface area (Å²) in [6.07, 6.45) is 1.74. The van der Waals surface area contributed by atoms with Gasteiger partial charge in [-0.25, -0.2) is 0 Å². The van der Waals surface area contributed by atoms with E-state index in [0.717, 1.165) is 18.5 Å². The zero-order valence-electron chi connectivity index (χ0n) is 7.49. The van der Waals surface area contributed by atoms with Gasteiger partial charge in [-0.15, -0.1) is 0 Å². The third kappa shape index (κ3) is 1.44. The smallest absolute Gasteiger partial charge is 0.328 e. The van der Waals surface area contributed by atoms with Gasteiger partial charge < -0.3 is 20.6 Å². The van der Waals surface area contributed by atoms with Crippen molar-refractivity contribution in [2.75, 3.05) is 6.61 Å². The highest BCUT2D eigenvalue weighted by molar-refractivity contribution is 5.74. The lowest BCUT2D eigenvalue weighted by molar-refractivity contribution is -0.138. The third-order valence-corrected chi connectivity index (χ3v) is 2.13. The largest absolute Gasteiger partial charge is 0.480 e. The Morgan fingerprint density at radius 1 is 1.71 bits per heavy atom. The molecule has 0 spiro atoms. The summed E-state index contributed by atoms with van der Waals surface area (Å²) < 4.78 is 5.24. The molecule has 0 saturated carbocycles. The molecule has 1 aromatic rings. The number of carboxylic acid groups (broad SMARTS) is 1. The van der Waals surface area contributed by atoms with Gasteiger partial charge in [0.05, 0.1) is 12.3 Å². The summed E-state index contributed by atoms with van der Waals surface area (Å²) in [6, 6.07) is -1.11. The Bertz CT molecular complexity index is 337. The summed E-state index contributed by atoms with van der Waals surface area (Å²) in [5.41, 5.74) is 6.24. The van der Waals surface area contributed by atoms with Gasteiger partial charge in [-0.2, -0.15) is 4.98 Å². The van der Waals surface area contributed by atoms with Crippen molar-refractivity contribution >= 4 is 5.97 Å². The van der Waals surface area contributed by atoms with Crippen molar-refractivity contribution in [3.05, 3.63) is 11.5 Å². The highest BCUT2D eigenvalue weighted by atomic mass is 16.5. The molecule has 2 heterocycles. The number of aromatic amines is 1. The molecule has 0 amide bonds. The van der Waals surface area contributed by atoms with E-state index < -0.39 is 12.0 Å². The molecule has 14 heavy (non-hydrogen) atoms. The summed E-state index contributed by atoms with van der Waals surface area (Å²) >= 11 is 0. The van der Waals surface area contributed by atoms with Crippen molar-refractivity contribution in [2.45, 2.75) is 18.9 Å². The average Bonchev–Trinajstić information content (AvgIpc) is 2.59. The number of nitrogens with two attached hydrogens (primary N) is 1. The zero-order valence-corrected chi connectivity index (χ0v) is 7.49. The Morgan fingerprint density at radius 2 is 2.50 bits per heavy atom. The number of aryl methyl sites for hydroxylation is 1. The number of carbonyl (C=O) groups is 1. The number of ether oxygens (including phenoxy) is 1. The van der Waals surface area contributed by atoms with Crippen molar-refractivity contribution < 1.29 is 14.6 Å². The van der Waals surface area contributed by atoms with Crippen molar-refractivity contribution in [3.8, 4) is 5.88 Å². The Morgan fingerprint density at radius 3 is 3.14 bits per heavy atom. The molecule has 0 aromatic carbocycles. The normalized spacial score (nSPS) is 16.9. The van der Waals surface area contributed by atoms with Crippen LogP contribution in [0.15, 0.2) is 0 Å². The maximum atomic E-state index is 10.6. The van der Waals surface area contributed by atoms with Crippen LogP contribution in [0.2, 0.25) is 0 Å². The van der Waals surface area contributed by atoms with Crippen LogP contribution in [0.3, 0.4) is 0 Å². The van der Waals surface area contributed by atoms with Crippen molar-refractivity contribution in [3.63, 3.8) is 0 Å². The Labute approximate surface area is 80.1 Å². The summed E-state index contributed by atoms with van der Waals surface area (Å²) in [6.45, 7) is 0.625. The van der Waals surface area contributed by atoms with Crippen LogP contribution in [0, 0.1) is 0 Å². The Hall–Kier alpha value is -1.56. The molecule has 0 bridgehead atoms. The number of nitrogens with one attached hydrogen (secondary N) is 1. The van der Waals surface area contributed by atoms with E-state index in [9.17, 15) is 4.79 Å². The number of nitrogens with zero attached hydrogens (tertiary/aromatic N) is 1. The van der Waals surface area contributed by atoms with Gasteiger partial charge in [0.1, 0.15) is 5.82 Å². The second-order valence-corrected chi connectivity index (χ2v) is 3.17. The van der Waals surface area contributed by atoms with E-state index in [2.05, 4.69) is 9.97 Å². The first kappa shape index (κ1) is 9.01. The molecule has 1 aliphatic rings. The molecule has 1 unspecified atom stereocenters. The summed E-state index contributed by atoms with van der Waals surface area (Å²) in [5.74, 6) is -0.358. The summed E-state index contributed by atoms with van der Waals surface area (Å²) in [5, 5.41) is 8.67. The maximum Gasteiger partial charge on any atom is 0.328 e. The van der Waals surface area contributed by atoms with E-state index in [4.69, 9.17) is 15.6 Å². The predicted molar refractivity (Wildman–Crippen MR) is 47.0 cm³/mol. The number of hydrogen-bond donors (Lipinski definition) is 3. The van der Waals surface area contributed by atoms with Crippen LogP contribution in [0.1, 0.15) is 24.0 Å². The Balaban J connectivity index is 2.28. The summed E-state index contributed by atoms with van der Waals surface area (Å²) in [4.78, 5) is 17.4. The molecule has 6 heteroatoms. The van der Waals surface area contributed by atoms with Crippen LogP contribution >= 0.6 is 0 Å². The molecule has 0 fully saturated rings. The number of H-pyrrole nitrogens is 1. The van der Waals surface area contributed by atoms with Crippen LogP contribution in [0.5, 0.6) is 5.88 Å².